The summed E-state index contributed by atoms with van der Waals surface area (Å²) in [5.74, 6) is -23.0. The lowest BCUT2D eigenvalue weighted by Gasteiger charge is -2.28. The first-order valence-corrected chi connectivity index (χ1v) is 25.1. The van der Waals surface area contributed by atoms with E-state index >= 15 is 0 Å². The molecule has 0 saturated carbocycles. The molecule has 12 N–H and O–H groups in total. The summed E-state index contributed by atoms with van der Waals surface area (Å²) in [5.41, 5.74) is -9.72. The van der Waals surface area contributed by atoms with Gasteiger partial charge in [-0.15, -0.1) is 0 Å². The number of carbonyl (C=O) groups is 12. The molecule has 462 valence electrons. The van der Waals surface area contributed by atoms with Gasteiger partial charge in [0, 0.05) is 33.4 Å². The largest absolute Gasteiger partial charge is 0.489 e. The fraction of sp³-hybridized carbons (Fsp3) is 0.100. The summed E-state index contributed by atoms with van der Waals surface area (Å²) in [6, 6.07) is 15.0. The van der Waals surface area contributed by atoms with Crippen molar-refractivity contribution in [1.29, 1.82) is 0 Å². The van der Waals surface area contributed by atoms with Crippen molar-refractivity contribution in [1.82, 2.24) is 0 Å². The Morgan fingerprint density at radius 1 is 0.178 bits per heavy atom. The fourth-order valence-corrected chi connectivity index (χ4v) is 8.65. The average Bonchev–Trinajstić information content (AvgIpc) is 0.953. The molecule has 7 aromatic rings. The zero-order valence-corrected chi connectivity index (χ0v) is 45.3. The van der Waals surface area contributed by atoms with Crippen molar-refractivity contribution < 1.29 is 147 Å². The van der Waals surface area contributed by atoms with Gasteiger partial charge in [-0.3, -0.25) is 0 Å². The van der Waals surface area contributed by atoms with Crippen molar-refractivity contribution in [3.63, 3.8) is 0 Å². The standard InChI is InChI=1S/C60H42O30/c61-49(62)25-1-26(50(63)64)8-37(7-25)85-19-43-44(20-86-38-9-27(51(65)66)2-28(10-38)52(67)68)46(22-88-40-13-31(55(73)74)4-32(14-40)56(75)76)48(24-90-42-17-35(59(81)82)6-36(18-42)60(83)84)47(23-89-41-15-33(57(77)78)5-34(16-41)58(79)80)45(43)21-87-39-11-29(53(69)70)3-30(12-39)54(71)72/h1-18H,19-24H2,(H,61,62)(H,63,64)(H,65,66)(H,67,68)(H,69,70)(H,71,72)(H,73,74)(H,75,76)(H,77,78)(H,79,80)(H,81,82)(H,83,84). The zero-order valence-electron chi connectivity index (χ0n) is 45.3. The Kier molecular flexibility index (Phi) is 19.6. The molecule has 7 aromatic carbocycles. The quantitative estimate of drug-likeness (QED) is 0.0207. The molecule has 7 rings (SSSR count). The Balaban J connectivity index is 1.65. The van der Waals surface area contributed by atoms with E-state index in [0.717, 1.165) is 109 Å². The van der Waals surface area contributed by atoms with Crippen LogP contribution in [0.25, 0.3) is 0 Å². The molecule has 30 nitrogen and oxygen atoms in total. The lowest BCUT2D eigenvalue weighted by molar-refractivity contribution is 0.0675. The maximum atomic E-state index is 12.4. The van der Waals surface area contributed by atoms with Crippen molar-refractivity contribution in [2.45, 2.75) is 39.6 Å². The first-order chi connectivity index (χ1) is 42.5. The molecule has 0 aromatic heterocycles. The summed E-state index contributed by atoms with van der Waals surface area (Å²) in [7, 11) is 0. The second-order valence-electron chi connectivity index (χ2n) is 18.7. The first kappa shape index (κ1) is 64.5. The summed E-state index contributed by atoms with van der Waals surface area (Å²) < 4.78 is 37.0. The molecule has 0 atom stereocenters. The van der Waals surface area contributed by atoms with Crippen molar-refractivity contribution >= 4 is 71.6 Å². The van der Waals surface area contributed by atoms with Crippen LogP contribution < -0.4 is 28.4 Å². The smallest absolute Gasteiger partial charge is 0.335 e. The molecule has 0 saturated heterocycles. The van der Waals surface area contributed by atoms with Gasteiger partial charge >= 0.3 is 71.6 Å². The molecule has 0 aliphatic heterocycles. The molecule has 0 bridgehead atoms. The number of rotatable bonds is 30. The average molecular weight is 1240 g/mol. The minimum absolute atomic E-state index is 0.314. The molecule has 0 aliphatic carbocycles. The van der Waals surface area contributed by atoms with Gasteiger partial charge in [-0.25, -0.2) is 57.5 Å². The first-order valence-electron chi connectivity index (χ1n) is 25.1. The zero-order chi connectivity index (χ0) is 66.0. The summed E-state index contributed by atoms with van der Waals surface area (Å²) in [6.45, 7) is -5.89. The van der Waals surface area contributed by atoms with E-state index in [0.29, 0.717) is 0 Å². The van der Waals surface area contributed by atoms with E-state index in [4.69, 9.17) is 28.4 Å². The van der Waals surface area contributed by atoms with Crippen LogP contribution in [-0.2, 0) is 39.6 Å². The van der Waals surface area contributed by atoms with Gasteiger partial charge in [0.2, 0.25) is 0 Å². The van der Waals surface area contributed by atoms with Crippen molar-refractivity contribution in [2.75, 3.05) is 0 Å². The maximum Gasteiger partial charge on any atom is 0.335 e. The highest BCUT2D eigenvalue weighted by molar-refractivity contribution is 5.98. The maximum absolute atomic E-state index is 12.4. The van der Waals surface area contributed by atoms with Crippen LogP contribution in [0.5, 0.6) is 34.5 Å². The van der Waals surface area contributed by atoms with E-state index in [1.165, 1.54) is 0 Å². The number of benzene rings is 7. The molecular weight excluding hydrogens is 1200 g/mol. The number of hydrogen-bond acceptors (Lipinski definition) is 18. The van der Waals surface area contributed by atoms with Gasteiger partial charge in [0.25, 0.3) is 0 Å². The Morgan fingerprint density at radius 3 is 0.344 bits per heavy atom. The molecule has 0 spiro atoms. The summed E-state index contributed by atoms with van der Waals surface area (Å²) in [6.07, 6.45) is 0. The predicted molar refractivity (Wildman–Crippen MR) is 295 cm³/mol. The predicted octanol–water partition coefficient (Wildman–Crippen LogP) is 7.54. The molecule has 0 unspecified atom stereocenters. The molecule has 30 heteroatoms. The Bertz CT molecular complexity index is 3290. The van der Waals surface area contributed by atoms with Gasteiger partial charge in [0.15, 0.2) is 0 Å². The summed E-state index contributed by atoms with van der Waals surface area (Å²) in [5, 5.41) is 120. The van der Waals surface area contributed by atoms with Crippen molar-refractivity contribution in [3.8, 4) is 34.5 Å². The van der Waals surface area contributed by atoms with Gasteiger partial charge in [0.05, 0.1) is 66.8 Å². The van der Waals surface area contributed by atoms with Crippen molar-refractivity contribution in [3.05, 3.63) is 209 Å². The third-order valence-electron chi connectivity index (χ3n) is 12.9. The van der Waals surface area contributed by atoms with E-state index in [-0.39, 0.29) is 33.4 Å². The highest BCUT2D eigenvalue weighted by atomic mass is 16.5. The van der Waals surface area contributed by atoms with Gasteiger partial charge in [0.1, 0.15) is 74.1 Å². The summed E-state index contributed by atoms with van der Waals surface area (Å²) in [4.78, 5) is 148. The fourth-order valence-electron chi connectivity index (χ4n) is 8.65. The van der Waals surface area contributed by atoms with E-state index in [1.807, 2.05) is 0 Å². The lowest BCUT2D eigenvalue weighted by atomic mass is 9.87. The van der Waals surface area contributed by atoms with Crippen LogP contribution in [-0.4, -0.2) is 133 Å². The molecular formula is C60H42O30. The molecule has 0 heterocycles. The molecule has 90 heavy (non-hydrogen) atoms. The Morgan fingerprint density at radius 2 is 0.267 bits per heavy atom. The van der Waals surface area contributed by atoms with E-state index in [2.05, 4.69) is 0 Å². The number of carboxylic acid groups (broad SMARTS) is 12. The van der Waals surface area contributed by atoms with Crippen LogP contribution in [0.4, 0.5) is 0 Å². The molecule has 0 radical (unpaired) electrons. The number of ether oxygens (including phenoxy) is 6. The second-order valence-corrected chi connectivity index (χ2v) is 18.7. The van der Waals surface area contributed by atoms with Crippen LogP contribution >= 0.6 is 0 Å². The van der Waals surface area contributed by atoms with E-state index < -0.39 is 213 Å². The Hall–Kier alpha value is -13.0. The monoisotopic (exact) mass is 1240 g/mol. The minimum Gasteiger partial charge on any atom is -0.489 e. The van der Waals surface area contributed by atoms with Crippen LogP contribution in [0, 0.1) is 0 Å². The number of aromatic carboxylic acids is 12. The van der Waals surface area contributed by atoms with E-state index in [1.54, 1.807) is 0 Å². The van der Waals surface area contributed by atoms with Gasteiger partial charge in [-0.2, -0.15) is 0 Å². The Labute approximate surface area is 500 Å². The van der Waals surface area contributed by atoms with Gasteiger partial charge in [-0.1, -0.05) is 0 Å². The van der Waals surface area contributed by atoms with Crippen molar-refractivity contribution in [2.24, 2.45) is 0 Å². The van der Waals surface area contributed by atoms with Gasteiger partial charge in [-0.05, 0) is 109 Å². The third kappa shape index (κ3) is 15.8. The number of hydrogen-bond donors (Lipinski definition) is 12. The van der Waals surface area contributed by atoms with Crippen LogP contribution in [0.2, 0.25) is 0 Å². The molecule has 0 aliphatic rings. The number of carboxylic acids is 12. The van der Waals surface area contributed by atoms with Crippen LogP contribution in [0.3, 0.4) is 0 Å². The highest BCUT2D eigenvalue weighted by Gasteiger charge is 2.29. The van der Waals surface area contributed by atoms with Crippen LogP contribution in [0.1, 0.15) is 158 Å². The minimum atomic E-state index is -1.66. The van der Waals surface area contributed by atoms with E-state index in [9.17, 15) is 119 Å². The molecule has 0 fully saturated rings. The second kappa shape index (κ2) is 27.3. The SMILES string of the molecule is O=C(O)c1cc(OCc2c(COc3cc(C(=O)O)cc(C(=O)O)c3)c(COc3cc(C(=O)O)cc(C(=O)O)c3)c(COc3cc(C(=O)O)cc(C(=O)O)c3)c(COc3cc(C(=O)O)cc(C(=O)O)c3)c2COc2cc(C(=O)O)cc(C(=O)O)c2)cc(C(=O)O)c1. The lowest BCUT2D eigenvalue weighted by Crippen LogP contribution is -2.22. The van der Waals surface area contributed by atoms with Crippen LogP contribution in [0.15, 0.2) is 109 Å². The third-order valence-corrected chi connectivity index (χ3v) is 12.9. The topological polar surface area (TPSA) is 503 Å². The molecule has 0 amide bonds. The van der Waals surface area contributed by atoms with Gasteiger partial charge < -0.3 is 89.7 Å². The normalized spacial score (nSPS) is 10.7. The highest BCUT2D eigenvalue weighted by Crippen LogP contribution is 2.37. The summed E-state index contributed by atoms with van der Waals surface area (Å²) >= 11 is 0.